The van der Waals surface area contributed by atoms with Crippen LogP contribution in [0.25, 0.3) is 11.1 Å². The Morgan fingerprint density at radius 1 is 0.926 bits per heavy atom. The van der Waals surface area contributed by atoms with Crippen molar-refractivity contribution < 1.29 is 23.9 Å². The first-order chi connectivity index (χ1) is 12.9. The Labute approximate surface area is 158 Å². The number of carboxylic acids is 1. The fourth-order valence-electron chi connectivity index (χ4n) is 2.37. The maximum Gasteiger partial charge on any atom is 0.337 e. The number of aromatic carboxylic acids is 1. The maximum atomic E-state index is 12.1. The fourth-order valence-corrected chi connectivity index (χ4v) is 2.55. The van der Waals surface area contributed by atoms with E-state index in [0.717, 1.165) is 11.1 Å². The number of benzene rings is 2. The topological polar surface area (TPSA) is 109 Å². The van der Waals surface area contributed by atoms with Crippen LogP contribution in [0.2, 0.25) is 5.02 Å². The SMILES string of the molecule is O=C(Nc1cccc(-c2ccoc2)c1)C(=O)Nc1ccc(Cl)cc1C(=O)O. The Morgan fingerprint density at radius 3 is 2.41 bits per heavy atom. The first-order valence-corrected chi connectivity index (χ1v) is 8.09. The van der Waals surface area contributed by atoms with Gasteiger partial charge in [0.25, 0.3) is 0 Å². The lowest BCUT2D eigenvalue weighted by Gasteiger charge is -2.10. The van der Waals surface area contributed by atoms with Crippen LogP contribution < -0.4 is 10.6 Å². The number of halogens is 1. The first kappa shape index (κ1) is 18.2. The van der Waals surface area contributed by atoms with Crippen molar-refractivity contribution in [3.8, 4) is 11.1 Å². The molecule has 0 spiro atoms. The minimum atomic E-state index is -1.28. The molecule has 0 aliphatic rings. The molecule has 0 atom stereocenters. The summed E-state index contributed by atoms with van der Waals surface area (Å²) in [6.07, 6.45) is 3.09. The number of carbonyl (C=O) groups is 3. The Morgan fingerprint density at radius 2 is 1.70 bits per heavy atom. The maximum absolute atomic E-state index is 12.1. The van der Waals surface area contributed by atoms with E-state index in [1.165, 1.54) is 24.5 Å². The summed E-state index contributed by atoms with van der Waals surface area (Å²) in [5.41, 5.74) is 1.78. The predicted octanol–water partition coefficient (Wildman–Crippen LogP) is 3.88. The van der Waals surface area contributed by atoms with Gasteiger partial charge < -0.3 is 20.2 Å². The molecule has 3 N–H and O–H groups in total. The molecule has 2 aromatic carbocycles. The van der Waals surface area contributed by atoms with Gasteiger partial charge in [-0.05, 0) is 42.0 Å². The first-order valence-electron chi connectivity index (χ1n) is 7.72. The highest BCUT2D eigenvalue weighted by Gasteiger charge is 2.18. The molecule has 0 saturated carbocycles. The fraction of sp³-hybridized carbons (Fsp3) is 0. The number of hydrogen-bond acceptors (Lipinski definition) is 4. The van der Waals surface area contributed by atoms with Crippen LogP contribution in [0, 0.1) is 0 Å². The molecule has 1 aromatic heterocycles. The smallest absolute Gasteiger partial charge is 0.337 e. The van der Waals surface area contributed by atoms with E-state index in [9.17, 15) is 19.5 Å². The quantitative estimate of drug-likeness (QED) is 0.591. The van der Waals surface area contributed by atoms with E-state index in [-0.39, 0.29) is 16.3 Å². The van der Waals surface area contributed by atoms with Gasteiger partial charge in [-0.2, -0.15) is 0 Å². The molecule has 8 heteroatoms. The lowest BCUT2D eigenvalue weighted by molar-refractivity contribution is -0.133. The minimum Gasteiger partial charge on any atom is -0.478 e. The third-order valence-corrected chi connectivity index (χ3v) is 3.88. The van der Waals surface area contributed by atoms with E-state index >= 15 is 0 Å². The van der Waals surface area contributed by atoms with Crippen molar-refractivity contribution in [1.82, 2.24) is 0 Å². The van der Waals surface area contributed by atoms with E-state index in [2.05, 4.69) is 10.6 Å². The van der Waals surface area contributed by atoms with Gasteiger partial charge in [0.2, 0.25) is 0 Å². The van der Waals surface area contributed by atoms with E-state index in [4.69, 9.17) is 16.0 Å². The molecule has 0 aliphatic heterocycles. The zero-order valence-corrected chi connectivity index (χ0v) is 14.5. The largest absolute Gasteiger partial charge is 0.478 e. The highest BCUT2D eigenvalue weighted by molar-refractivity contribution is 6.44. The third kappa shape index (κ3) is 4.34. The second-order valence-electron chi connectivity index (χ2n) is 5.50. The molecule has 0 radical (unpaired) electrons. The van der Waals surface area contributed by atoms with Gasteiger partial charge in [-0.25, -0.2) is 4.79 Å². The van der Waals surface area contributed by atoms with Crippen LogP contribution in [-0.4, -0.2) is 22.9 Å². The molecule has 0 bridgehead atoms. The Bertz CT molecular complexity index is 1010. The van der Waals surface area contributed by atoms with Gasteiger partial charge >= 0.3 is 17.8 Å². The molecule has 0 saturated heterocycles. The van der Waals surface area contributed by atoms with Crippen molar-refractivity contribution in [2.45, 2.75) is 0 Å². The number of anilines is 2. The zero-order valence-electron chi connectivity index (χ0n) is 13.7. The number of rotatable bonds is 4. The van der Waals surface area contributed by atoms with Gasteiger partial charge in [-0.1, -0.05) is 23.7 Å². The van der Waals surface area contributed by atoms with E-state index in [1.54, 1.807) is 30.5 Å². The lowest BCUT2D eigenvalue weighted by Crippen LogP contribution is -2.29. The molecule has 0 unspecified atom stereocenters. The van der Waals surface area contributed by atoms with E-state index in [0.29, 0.717) is 5.69 Å². The summed E-state index contributed by atoms with van der Waals surface area (Å²) in [5, 5.41) is 14.1. The van der Waals surface area contributed by atoms with Crippen LogP contribution in [0.3, 0.4) is 0 Å². The summed E-state index contributed by atoms with van der Waals surface area (Å²) < 4.78 is 5.02. The summed E-state index contributed by atoms with van der Waals surface area (Å²) in [6.45, 7) is 0. The molecule has 136 valence electrons. The second-order valence-corrected chi connectivity index (χ2v) is 5.93. The van der Waals surface area contributed by atoms with Gasteiger partial charge in [0.15, 0.2) is 0 Å². The highest BCUT2D eigenvalue weighted by Crippen LogP contribution is 2.23. The Kier molecular flexibility index (Phi) is 5.23. The molecule has 7 nitrogen and oxygen atoms in total. The zero-order chi connectivity index (χ0) is 19.4. The second kappa shape index (κ2) is 7.76. The van der Waals surface area contributed by atoms with Crippen LogP contribution in [-0.2, 0) is 9.59 Å². The molecule has 3 aromatic rings. The summed E-state index contributed by atoms with van der Waals surface area (Å²) in [5.74, 6) is -3.22. The molecule has 0 aliphatic carbocycles. The number of nitrogens with one attached hydrogen (secondary N) is 2. The normalized spacial score (nSPS) is 10.3. The molecular weight excluding hydrogens is 372 g/mol. The molecule has 27 heavy (non-hydrogen) atoms. The average Bonchev–Trinajstić information content (AvgIpc) is 3.18. The van der Waals surface area contributed by atoms with Crippen LogP contribution >= 0.6 is 11.6 Å². The number of hydrogen-bond donors (Lipinski definition) is 3. The van der Waals surface area contributed by atoms with Gasteiger partial charge in [0, 0.05) is 16.3 Å². The van der Waals surface area contributed by atoms with Gasteiger partial charge in [0.1, 0.15) is 0 Å². The van der Waals surface area contributed by atoms with E-state index in [1.807, 2.05) is 6.07 Å². The number of carbonyl (C=O) groups excluding carboxylic acids is 2. The van der Waals surface area contributed by atoms with Gasteiger partial charge in [-0.3, -0.25) is 9.59 Å². The molecule has 3 rings (SSSR count). The molecule has 1 heterocycles. The molecule has 2 amide bonds. The van der Waals surface area contributed by atoms with Crippen molar-refractivity contribution in [2.24, 2.45) is 0 Å². The van der Waals surface area contributed by atoms with Crippen LogP contribution in [0.5, 0.6) is 0 Å². The minimum absolute atomic E-state index is 0.0285. The molecule has 0 fully saturated rings. The van der Waals surface area contributed by atoms with Gasteiger partial charge in [0.05, 0.1) is 23.8 Å². The van der Waals surface area contributed by atoms with Crippen molar-refractivity contribution in [3.63, 3.8) is 0 Å². The Hall–Kier alpha value is -3.58. The number of furan rings is 1. The van der Waals surface area contributed by atoms with Crippen molar-refractivity contribution in [2.75, 3.05) is 10.6 Å². The molecular formula is C19H13ClN2O5. The number of amides is 2. The third-order valence-electron chi connectivity index (χ3n) is 3.64. The van der Waals surface area contributed by atoms with Crippen molar-refractivity contribution in [3.05, 3.63) is 71.6 Å². The monoisotopic (exact) mass is 384 g/mol. The predicted molar refractivity (Wildman–Crippen MR) is 99.8 cm³/mol. The summed E-state index contributed by atoms with van der Waals surface area (Å²) in [6, 6.07) is 12.5. The number of carboxylic acid groups (broad SMARTS) is 1. The van der Waals surface area contributed by atoms with E-state index < -0.39 is 17.8 Å². The van der Waals surface area contributed by atoms with Crippen molar-refractivity contribution in [1.29, 1.82) is 0 Å². The summed E-state index contributed by atoms with van der Waals surface area (Å²) >= 11 is 5.76. The average molecular weight is 385 g/mol. The lowest BCUT2D eigenvalue weighted by atomic mass is 10.1. The summed E-state index contributed by atoms with van der Waals surface area (Å²) in [4.78, 5) is 35.5. The Balaban J connectivity index is 1.73. The van der Waals surface area contributed by atoms with Crippen molar-refractivity contribution >= 4 is 40.8 Å². The summed E-state index contributed by atoms with van der Waals surface area (Å²) in [7, 11) is 0. The van der Waals surface area contributed by atoms with Crippen LogP contribution in [0.1, 0.15) is 10.4 Å². The van der Waals surface area contributed by atoms with Gasteiger partial charge in [-0.15, -0.1) is 0 Å². The van der Waals surface area contributed by atoms with Crippen LogP contribution in [0.4, 0.5) is 11.4 Å². The highest BCUT2D eigenvalue weighted by atomic mass is 35.5. The van der Waals surface area contributed by atoms with Crippen LogP contribution in [0.15, 0.2) is 65.5 Å². The standard InChI is InChI=1S/C19H13ClN2O5/c20-13-4-5-16(15(9-13)19(25)26)22-18(24)17(23)21-14-3-1-2-11(8-14)12-6-7-27-10-12/h1-10H,(H,21,23)(H,22,24)(H,25,26).